The van der Waals surface area contributed by atoms with E-state index < -0.39 is 35.6 Å². The van der Waals surface area contributed by atoms with E-state index >= 15 is 0 Å². The molecule has 0 aliphatic heterocycles. The van der Waals surface area contributed by atoms with Gasteiger partial charge in [-0.2, -0.15) is 13.2 Å². The van der Waals surface area contributed by atoms with E-state index in [0.717, 1.165) is 18.3 Å². The first-order chi connectivity index (χ1) is 8.79. The van der Waals surface area contributed by atoms with Crippen molar-refractivity contribution in [3.05, 3.63) is 29.6 Å². The molecule has 8 heteroatoms. The van der Waals surface area contributed by atoms with Crippen molar-refractivity contribution in [3.8, 4) is 0 Å². The Labute approximate surface area is 106 Å². The van der Waals surface area contributed by atoms with Crippen LogP contribution in [0.15, 0.2) is 18.3 Å². The van der Waals surface area contributed by atoms with Gasteiger partial charge in [0.25, 0.3) is 0 Å². The Balaban J connectivity index is 3.06. The molecule has 0 saturated heterocycles. The third-order valence-electron chi connectivity index (χ3n) is 2.25. The quantitative estimate of drug-likeness (QED) is 0.806. The fourth-order valence-electron chi connectivity index (χ4n) is 1.42. The minimum atomic E-state index is -4.80. The van der Waals surface area contributed by atoms with E-state index in [1.54, 1.807) is 0 Å². The van der Waals surface area contributed by atoms with Crippen LogP contribution in [0, 0.1) is 0 Å². The maximum atomic E-state index is 12.6. The molecule has 0 saturated carbocycles. The molecule has 19 heavy (non-hydrogen) atoms. The van der Waals surface area contributed by atoms with E-state index in [1.807, 2.05) is 0 Å². The summed E-state index contributed by atoms with van der Waals surface area (Å²) in [5.74, 6) is -1.20. The normalized spacial score (nSPS) is 14.8. The summed E-state index contributed by atoms with van der Waals surface area (Å²) in [6.07, 6.45) is -8.07. The molecule has 1 aromatic heterocycles. The molecule has 2 unspecified atom stereocenters. The molecule has 0 bridgehead atoms. The predicted molar refractivity (Wildman–Crippen MR) is 56.8 cm³/mol. The van der Waals surface area contributed by atoms with Crippen LogP contribution in [0.5, 0.6) is 0 Å². The van der Waals surface area contributed by atoms with Crippen LogP contribution in [0.4, 0.5) is 13.2 Å². The number of hydrogen-bond acceptors (Lipinski definition) is 5. The van der Waals surface area contributed by atoms with E-state index in [1.165, 1.54) is 6.92 Å². The van der Waals surface area contributed by atoms with Gasteiger partial charge in [0.2, 0.25) is 0 Å². The van der Waals surface area contributed by atoms with Gasteiger partial charge in [0, 0.05) is 11.8 Å². The molecule has 2 atom stereocenters. The first kappa shape index (κ1) is 15.4. The standard InChI is InChI=1S/C11H12F3NO4/c1-2-19-10(18)8(17)7(16)6-4-3-5-15-9(6)11(12,13)14/h3-5,7-8,16-17H,2H2,1H3. The Morgan fingerprint density at radius 3 is 2.63 bits per heavy atom. The second kappa shape index (κ2) is 5.98. The Morgan fingerprint density at radius 1 is 1.47 bits per heavy atom. The van der Waals surface area contributed by atoms with Crippen LogP contribution < -0.4 is 0 Å². The average Bonchev–Trinajstić information content (AvgIpc) is 2.36. The molecule has 0 amide bonds. The van der Waals surface area contributed by atoms with Gasteiger partial charge in [-0.05, 0) is 13.0 Å². The summed E-state index contributed by atoms with van der Waals surface area (Å²) in [5.41, 5.74) is -2.04. The first-order valence-corrected chi connectivity index (χ1v) is 5.34. The number of esters is 1. The summed E-state index contributed by atoms with van der Waals surface area (Å²) < 4.78 is 42.4. The minimum Gasteiger partial charge on any atom is -0.464 e. The van der Waals surface area contributed by atoms with Crippen LogP contribution in [0.2, 0.25) is 0 Å². The molecule has 5 nitrogen and oxygen atoms in total. The summed E-state index contributed by atoms with van der Waals surface area (Å²) >= 11 is 0. The van der Waals surface area contributed by atoms with Crippen molar-refractivity contribution in [2.75, 3.05) is 6.61 Å². The first-order valence-electron chi connectivity index (χ1n) is 5.34. The lowest BCUT2D eigenvalue weighted by molar-refractivity contribution is -0.161. The Bertz CT molecular complexity index is 450. The number of alkyl halides is 3. The van der Waals surface area contributed by atoms with E-state index in [4.69, 9.17) is 0 Å². The topological polar surface area (TPSA) is 79.7 Å². The van der Waals surface area contributed by atoms with Gasteiger partial charge in [-0.15, -0.1) is 0 Å². The smallest absolute Gasteiger partial charge is 0.433 e. The number of hydrogen-bond donors (Lipinski definition) is 2. The van der Waals surface area contributed by atoms with Crippen molar-refractivity contribution >= 4 is 5.97 Å². The van der Waals surface area contributed by atoms with Crippen LogP contribution in [-0.2, 0) is 15.7 Å². The molecule has 0 fully saturated rings. The number of nitrogens with zero attached hydrogens (tertiary/aromatic N) is 1. The van der Waals surface area contributed by atoms with E-state index in [9.17, 15) is 28.2 Å². The highest BCUT2D eigenvalue weighted by Gasteiger charge is 2.39. The van der Waals surface area contributed by atoms with Gasteiger partial charge in [0.15, 0.2) is 6.10 Å². The number of carbonyl (C=O) groups is 1. The number of aromatic nitrogens is 1. The molecular formula is C11H12F3NO4. The molecule has 0 aliphatic rings. The summed E-state index contributed by atoms with van der Waals surface area (Å²) in [6, 6.07) is 2.09. The highest BCUT2D eigenvalue weighted by molar-refractivity contribution is 5.75. The number of rotatable bonds is 4. The number of ether oxygens (including phenoxy) is 1. The summed E-state index contributed by atoms with van der Waals surface area (Å²) in [5, 5.41) is 19.1. The Morgan fingerprint density at radius 2 is 2.11 bits per heavy atom. The fourth-order valence-corrected chi connectivity index (χ4v) is 1.42. The average molecular weight is 279 g/mol. The van der Waals surface area contributed by atoms with Crippen LogP contribution in [0.3, 0.4) is 0 Å². The van der Waals surface area contributed by atoms with Crippen LogP contribution >= 0.6 is 0 Å². The van der Waals surface area contributed by atoms with E-state index in [-0.39, 0.29) is 6.61 Å². The highest BCUT2D eigenvalue weighted by atomic mass is 19.4. The third kappa shape index (κ3) is 3.65. The molecule has 1 aromatic rings. The number of halogens is 3. The highest BCUT2D eigenvalue weighted by Crippen LogP contribution is 2.33. The second-order valence-corrected chi connectivity index (χ2v) is 3.58. The van der Waals surface area contributed by atoms with Crippen molar-refractivity contribution in [2.24, 2.45) is 0 Å². The second-order valence-electron chi connectivity index (χ2n) is 3.58. The molecule has 0 radical (unpaired) electrons. The van der Waals surface area contributed by atoms with Crippen molar-refractivity contribution < 1.29 is 32.9 Å². The van der Waals surface area contributed by atoms with Gasteiger partial charge >= 0.3 is 12.1 Å². The monoisotopic (exact) mass is 279 g/mol. The molecule has 1 heterocycles. The van der Waals surface area contributed by atoms with Gasteiger partial charge in [0.1, 0.15) is 11.8 Å². The summed E-state index contributed by atoms with van der Waals surface area (Å²) in [6.45, 7) is 1.39. The molecule has 2 N–H and O–H groups in total. The Kier molecular flexibility index (Phi) is 4.84. The number of aliphatic hydroxyl groups excluding tert-OH is 2. The number of aliphatic hydroxyl groups is 2. The van der Waals surface area contributed by atoms with Crippen molar-refractivity contribution in [1.82, 2.24) is 4.98 Å². The van der Waals surface area contributed by atoms with Gasteiger partial charge in [-0.1, -0.05) is 6.07 Å². The zero-order valence-corrected chi connectivity index (χ0v) is 9.89. The van der Waals surface area contributed by atoms with E-state index in [2.05, 4.69) is 9.72 Å². The third-order valence-corrected chi connectivity index (χ3v) is 2.25. The number of pyridine rings is 1. The molecule has 106 valence electrons. The van der Waals surface area contributed by atoms with Crippen LogP contribution in [-0.4, -0.2) is 33.9 Å². The van der Waals surface area contributed by atoms with E-state index in [0.29, 0.717) is 0 Å². The fraction of sp³-hybridized carbons (Fsp3) is 0.455. The summed E-state index contributed by atoms with van der Waals surface area (Å²) in [4.78, 5) is 14.3. The zero-order chi connectivity index (χ0) is 14.6. The number of carbonyl (C=O) groups excluding carboxylic acids is 1. The van der Waals surface area contributed by atoms with Gasteiger partial charge in [-0.25, -0.2) is 4.79 Å². The van der Waals surface area contributed by atoms with Crippen LogP contribution in [0.1, 0.15) is 24.3 Å². The summed E-state index contributed by atoms with van der Waals surface area (Å²) in [7, 11) is 0. The molecule has 0 aromatic carbocycles. The minimum absolute atomic E-state index is 0.0677. The van der Waals surface area contributed by atoms with Gasteiger partial charge < -0.3 is 14.9 Å². The van der Waals surface area contributed by atoms with Crippen molar-refractivity contribution in [3.63, 3.8) is 0 Å². The lowest BCUT2D eigenvalue weighted by Gasteiger charge is -2.19. The lowest BCUT2D eigenvalue weighted by Crippen LogP contribution is -2.31. The van der Waals surface area contributed by atoms with Gasteiger partial charge in [-0.3, -0.25) is 4.98 Å². The lowest BCUT2D eigenvalue weighted by atomic mass is 10.0. The Hall–Kier alpha value is -1.67. The molecule has 1 rings (SSSR count). The maximum Gasteiger partial charge on any atom is 0.433 e. The SMILES string of the molecule is CCOC(=O)C(O)C(O)c1cccnc1C(F)(F)F. The predicted octanol–water partition coefficient (Wildman–Crippen LogP) is 1.06. The van der Waals surface area contributed by atoms with Gasteiger partial charge in [0.05, 0.1) is 6.61 Å². The molecule has 0 spiro atoms. The maximum absolute atomic E-state index is 12.6. The largest absolute Gasteiger partial charge is 0.464 e. The molecular weight excluding hydrogens is 267 g/mol. The van der Waals surface area contributed by atoms with Crippen LogP contribution in [0.25, 0.3) is 0 Å². The zero-order valence-electron chi connectivity index (χ0n) is 9.89. The van der Waals surface area contributed by atoms with Crippen molar-refractivity contribution in [1.29, 1.82) is 0 Å². The van der Waals surface area contributed by atoms with Crippen molar-refractivity contribution in [2.45, 2.75) is 25.3 Å². The molecule has 0 aliphatic carbocycles.